The van der Waals surface area contributed by atoms with Crippen molar-refractivity contribution in [3.63, 3.8) is 0 Å². The molecule has 1 heterocycles. The van der Waals surface area contributed by atoms with Crippen LogP contribution in [0.4, 0.5) is 4.79 Å². The second-order valence-electron chi connectivity index (χ2n) is 6.39. The van der Waals surface area contributed by atoms with Crippen LogP contribution in [0.2, 0.25) is 5.02 Å². The average molecular weight is 399 g/mol. The van der Waals surface area contributed by atoms with E-state index in [4.69, 9.17) is 16.3 Å². The molecule has 0 saturated carbocycles. The Kier molecular flexibility index (Phi) is 6.55. The van der Waals surface area contributed by atoms with Crippen molar-refractivity contribution in [2.75, 3.05) is 13.7 Å². The first kappa shape index (κ1) is 19.8. The number of rotatable bonds is 7. The summed E-state index contributed by atoms with van der Waals surface area (Å²) in [6.07, 6.45) is 4.25. The highest BCUT2D eigenvalue weighted by molar-refractivity contribution is 6.30. The topological polar surface area (TPSA) is 68.2 Å². The van der Waals surface area contributed by atoms with Gasteiger partial charge in [0, 0.05) is 31.0 Å². The number of amides is 2. The number of aromatic nitrogens is 2. The van der Waals surface area contributed by atoms with Gasteiger partial charge in [-0.2, -0.15) is 0 Å². The Balaban J connectivity index is 1.68. The summed E-state index contributed by atoms with van der Waals surface area (Å²) in [5.41, 5.74) is 1.96. The molecule has 0 aliphatic carbocycles. The van der Waals surface area contributed by atoms with Crippen molar-refractivity contribution in [3.8, 4) is 5.75 Å². The first-order chi connectivity index (χ1) is 13.6. The Hall–Kier alpha value is -2.99. The Labute approximate surface area is 169 Å². The molecular formula is C21H23ClN4O2. The zero-order valence-corrected chi connectivity index (χ0v) is 16.6. The summed E-state index contributed by atoms with van der Waals surface area (Å²) in [6.45, 7) is 0.498. The highest BCUT2D eigenvalue weighted by atomic mass is 35.5. The molecule has 0 aliphatic rings. The maximum absolute atomic E-state index is 12.5. The summed E-state index contributed by atoms with van der Waals surface area (Å²) in [5.74, 6) is 1.46. The molecule has 0 aliphatic heterocycles. The van der Waals surface area contributed by atoms with E-state index in [-0.39, 0.29) is 6.03 Å². The van der Waals surface area contributed by atoms with Gasteiger partial charge in [-0.1, -0.05) is 35.9 Å². The minimum Gasteiger partial charge on any atom is -0.497 e. The lowest BCUT2D eigenvalue weighted by atomic mass is 10.1. The Morgan fingerprint density at radius 1 is 1.25 bits per heavy atom. The number of carbonyl (C=O) groups excluding carboxylic acids is 1. The molecule has 28 heavy (non-hydrogen) atoms. The fourth-order valence-electron chi connectivity index (χ4n) is 2.97. The number of ether oxygens (including phenoxy) is 1. The fraction of sp³-hybridized carbons (Fsp3) is 0.238. The van der Waals surface area contributed by atoms with E-state index in [1.807, 2.05) is 66.3 Å². The molecule has 0 saturated heterocycles. The van der Waals surface area contributed by atoms with Crippen LogP contribution in [0.3, 0.4) is 0 Å². The van der Waals surface area contributed by atoms with Crippen molar-refractivity contribution in [1.29, 1.82) is 0 Å². The normalized spacial score (nSPS) is 11.7. The number of urea groups is 1. The highest BCUT2D eigenvalue weighted by Gasteiger charge is 2.21. The van der Waals surface area contributed by atoms with Crippen molar-refractivity contribution >= 4 is 17.6 Å². The summed E-state index contributed by atoms with van der Waals surface area (Å²) in [7, 11) is 3.51. The van der Waals surface area contributed by atoms with Gasteiger partial charge in [0.1, 0.15) is 17.6 Å². The maximum atomic E-state index is 12.5. The largest absolute Gasteiger partial charge is 0.497 e. The van der Waals surface area contributed by atoms with Crippen molar-refractivity contribution in [2.24, 2.45) is 7.05 Å². The molecule has 6 nitrogen and oxygen atoms in total. The van der Waals surface area contributed by atoms with Gasteiger partial charge in [0.25, 0.3) is 0 Å². The molecule has 146 valence electrons. The van der Waals surface area contributed by atoms with Crippen LogP contribution in [0.15, 0.2) is 60.9 Å². The molecule has 1 atom stereocenters. The summed E-state index contributed by atoms with van der Waals surface area (Å²) >= 11 is 6.00. The molecule has 0 unspecified atom stereocenters. The lowest BCUT2D eigenvalue weighted by Gasteiger charge is -2.20. The number of nitrogens with one attached hydrogen (secondary N) is 2. The predicted molar refractivity (Wildman–Crippen MR) is 110 cm³/mol. The Morgan fingerprint density at radius 3 is 2.79 bits per heavy atom. The van der Waals surface area contributed by atoms with Crippen molar-refractivity contribution in [3.05, 3.63) is 82.9 Å². The van der Waals surface area contributed by atoms with E-state index in [0.717, 1.165) is 22.7 Å². The van der Waals surface area contributed by atoms with E-state index in [1.54, 1.807) is 13.3 Å². The van der Waals surface area contributed by atoms with Gasteiger partial charge in [-0.05, 0) is 41.8 Å². The molecule has 0 spiro atoms. The SMILES string of the molecule is COc1cccc([C@@H](NC(=O)NCCc2cccc(Cl)c2)c2nccn2C)c1. The molecule has 3 aromatic rings. The minimum absolute atomic E-state index is 0.266. The van der Waals surface area contributed by atoms with Crippen LogP contribution in [-0.4, -0.2) is 29.2 Å². The zero-order valence-electron chi connectivity index (χ0n) is 15.9. The zero-order chi connectivity index (χ0) is 19.9. The van der Waals surface area contributed by atoms with Gasteiger partial charge < -0.3 is 19.9 Å². The number of aryl methyl sites for hydroxylation is 1. The van der Waals surface area contributed by atoms with Gasteiger partial charge in [0.2, 0.25) is 0 Å². The second-order valence-corrected chi connectivity index (χ2v) is 6.82. The van der Waals surface area contributed by atoms with Crippen molar-refractivity contribution in [1.82, 2.24) is 20.2 Å². The monoisotopic (exact) mass is 398 g/mol. The Bertz CT molecular complexity index is 941. The van der Waals surface area contributed by atoms with Gasteiger partial charge in [-0.15, -0.1) is 0 Å². The fourth-order valence-corrected chi connectivity index (χ4v) is 3.18. The van der Waals surface area contributed by atoms with E-state index >= 15 is 0 Å². The van der Waals surface area contributed by atoms with E-state index < -0.39 is 6.04 Å². The third-order valence-electron chi connectivity index (χ3n) is 4.41. The molecule has 0 fully saturated rings. The number of carbonyl (C=O) groups is 1. The van der Waals surface area contributed by atoms with Crippen LogP contribution in [-0.2, 0) is 13.5 Å². The van der Waals surface area contributed by atoms with Crippen molar-refractivity contribution < 1.29 is 9.53 Å². The number of hydrogen-bond acceptors (Lipinski definition) is 3. The number of imidazole rings is 1. The number of nitrogens with zero attached hydrogens (tertiary/aromatic N) is 2. The number of methoxy groups -OCH3 is 1. The van der Waals surface area contributed by atoms with Crippen LogP contribution in [0.5, 0.6) is 5.75 Å². The maximum Gasteiger partial charge on any atom is 0.315 e. The van der Waals surface area contributed by atoms with Crippen molar-refractivity contribution in [2.45, 2.75) is 12.5 Å². The van der Waals surface area contributed by atoms with Crippen LogP contribution in [0, 0.1) is 0 Å². The predicted octanol–water partition coefficient (Wildman–Crippen LogP) is 3.71. The first-order valence-corrected chi connectivity index (χ1v) is 9.34. The van der Waals surface area contributed by atoms with Gasteiger partial charge in [0.05, 0.1) is 7.11 Å². The lowest BCUT2D eigenvalue weighted by molar-refractivity contribution is 0.238. The van der Waals surface area contributed by atoms with E-state index in [0.29, 0.717) is 18.0 Å². The molecule has 2 N–H and O–H groups in total. The molecule has 2 aromatic carbocycles. The second kappa shape index (κ2) is 9.28. The smallest absolute Gasteiger partial charge is 0.315 e. The van der Waals surface area contributed by atoms with Gasteiger partial charge in [0.15, 0.2) is 0 Å². The van der Waals surface area contributed by atoms with E-state index in [9.17, 15) is 4.79 Å². The van der Waals surface area contributed by atoms with Gasteiger partial charge >= 0.3 is 6.03 Å². The Morgan fingerprint density at radius 2 is 2.07 bits per heavy atom. The van der Waals surface area contributed by atoms with Gasteiger partial charge in [-0.25, -0.2) is 9.78 Å². The van der Waals surface area contributed by atoms with E-state index in [1.165, 1.54) is 0 Å². The van der Waals surface area contributed by atoms with Crippen LogP contribution in [0.1, 0.15) is 23.0 Å². The minimum atomic E-state index is -0.402. The molecular weight excluding hydrogens is 376 g/mol. The molecule has 2 amide bonds. The highest BCUT2D eigenvalue weighted by Crippen LogP contribution is 2.24. The van der Waals surface area contributed by atoms with Crippen LogP contribution < -0.4 is 15.4 Å². The molecule has 0 bridgehead atoms. The third kappa shape index (κ3) is 5.04. The summed E-state index contributed by atoms with van der Waals surface area (Å²) in [6, 6.07) is 14.5. The average Bonchev–Trinajstić information content (AvgIpc) is 3.12. The molecule has 7 heteroatoms. The summed E-state index contributed by atoms with van der Waals surface area (Å²) in [5, 5.41) is 6.60. The number of hydrogen-bond donors (Lipinski definition) is 2. The third-order valence-corrected chi connectivity index (χ3v) is 4.64. The van der Waals surface area contributed by atoms with Crippen LogP contribution >= 0.6 is 11.6 Å². The lowest BCUT2D eigenvalue weighted by Crippen LogP contribution is -2.40. The summed E-state index contributed by atoms with van der Waals surface area (Å²) < 4.78 is 7.20. The number of halogens is 1. The summed E-state index contributed by atoms with van der Waals surface area (Å²) in [4.78, 5) is 16.9. The standard InChI is InChI=1S/C21H23ClN4O2/c1-26-12-11-23-20(26)19(16-6-4-8-18(14-16)28-2)25-21(27)24-10-9-15-5-3-7-17(22)13-15/h3-8,11-14,19H,9-10H2,1-2H3,(H2,24,25,27)/t19-/m1/s1. The molecule has 1 aromatic heterocycles. The van der Waals surface area contributed by atoms with Crippen LogP contribution in [0.25, 0.3) is 0 Å². The molecule has 0 radical (unpaired) electrons. The molecule has 3 rings (SSSR count). The first-order valence-electron chi connectivity index (χ1n) is 8.97. The number of benzene rings is 2. The van der Waals surface area contributed by atoms with Gasteiger partial charge in [-0.3, -0.25) is 0 Å². The van der Waals surface area contributed by atoms with E-state index in [2.05, 4.69) is 15.6 Å². The quantitative estimate of drug-likeness (QED) is 0.637.